The summed E-state index contributed by atoms with van der Waals surface area (Å²) in [6, 6.07) is 11.1. The van der Waals surface area contributed by atoms with Crippen LogP contribution in [0.4, 0.5) is 0 Å². The molecule has 0 aliphatic carbocycles. The first-order valence-electron chi connectivity index (χ1n) is 5.73. The first kappa shape index (κ1) is 13.5. The number of aliphatic hydroxyl groups is 1. The summed E-state index contributed by atoms with van der Waals surface area (Å²) in [6.45, 7) is 4.47. The van der Waals surface area contributed by atoms with Crippen LogP contribution in [0.25, 0.3) is 0 Å². The van der Waals surface area contributed by atoms with Crippen LogP contribution in [0, 0.1) is 5.92 Å². The standard InChI is InChI=1S/C13H19NO.ClH/c1-11-7-8-14(9-10-15)13(11)12-5-3-2-4-6-12;/h2-6,11,13,15H,7-10H2,1H3;1H. The van der Waals surface area contributed by atoms with Crippen molar-refractivity contribution in [3.8, 4) is 0 Å². The molecule has 2 nitrogen and oxygen atoms in total. The van der Waals surface area contributed by atoms with Gasteiger partial charge in [-0.3, -0.25) is 4.90 Å². The van der Waals surface area contributed by atoms with E-state index in [2.05, 4.69) is 42.2 Å². The normalized spacial score (nSPS) is 25.4. The molecule has 1 aromatic rings. The van der Waals surface area contributed by atoms with Gasteiger partial charge in [0, 0.05) is 12.6 Å². The van der Waals surface area contributed by atoms with Crippen molar-refractivity contribution in [2.45, 2.75) is 19.4 Å². The molecule has 1 aliphatic heterocycles. The average Bonchev–Trinajstić information content (AvgIpc) is 2.62. The van der Waals surface area contributed by atoms with E-state index in [1.807, 2.05) is 0 Å². The van der Waals surface area contributed by atoms with Crippen LogP contribution in [0.3, 0.4) is 0 Å². The monoisotopic (exact) mass is 241 g/mol. The van der Waals surface area contributed by atoms with Crippen LogP contribution in [-0.4, -0.2) is 29.7 Å². The molecule has 1 heterocycles. The molecule has 0 amide bonds. The second-order valence-corrected chi connectivity index (χ2v) is 4.38. The molecule has 1 aromatic carbocycles. The van der Waals surface area contributed by atoms with Crippen molar-refractivity contribution in [2.24, 2.45) is 5.92 Å². The predicted octanol–water partition coefficient (Wildman–Crippen LogP) is 2.48. The quantitative estimate of drug-likeness (QED) is 0.879. The van der Waals surface area contributed by atoms with Crippen LogP contribution in [0.15, 0.2) is 30.3 Å². The van der Waals surface area contributed by atoms with Gasteiger partial charge >= 0.3 is 0 Å². The van der Waals surface area contributed by atoms with Crippen molar-refractivity contribution in [2.75, 3.05) is 19.7 Å². The average molecular weight is 242 g/mol. The molecule has 3 heteroatoms. The number of likely N-dealkylation sites (tertiary alicyclic amines) is 1. The van der Waals surface area contributed by atoms with Crippen molar-refractivity contribution >= 4 is 12.4 Å². The van der Waals surface area contributed by atoms with Crippen LogP contribution >= 0.6 is 12.4 Å². The Morgan fingerprint density at radius 3 is 2.62 bits per heavy atom. The summed E-state index contributed by atoms with van der Waals surface area (Å²) in [7, 11) is 0. The highest BCUT2D eigenvalue weighted by atomic mass is 35.5. The first-order valence-corrected chi connectivity index (χ1v) is 5.73. The van der Waals surface area contributed by atoms with E-state index < -0.39 is 0 Å². The number of aliphatic hydroxyl groups excluding tert-OH is 1. The Morgan fingerprint density at radius 2 is 2.00 bits per heavy atom. The third-order valence-corrected chi connectivity index (χ3v) is 3.33. The lowest BCUT2D eigenvalue weighted by molar-refractivity contribution is 0.174. The number of rotatable bonds is 3. The minimum absolute atomic E-state index is 0. The fourth-order valence-electron chi connectivity index (χ4n) is 2.60. The van der Waals surface area contributed by atoms with Crippen LogP contribution in [0.2, 0.25) is 0 Å². The zero-order chi connectivity index (χ0) is 10.7. The molecule has 90 valence electrons. The topological polar surface area (TPSA) is 23.5 Å². The maximum absolute atomic E-state index is 9.04. The van der Waals surface area contributed by atoms with E-state index in [1.165, 1.54) is 12.0 Å². The zero-order valence-electron chi connectivity index (χ0n) is 9.67. The van der Waals surface area contributed by atoms with E-state index in [0.29, 0.717) is 12.0 Å². The molecule has 0 saturated carbocycles. The van der Waals surface area contributed by atoms with Gasteiger partial charge < -0.3 is 5.11 Å². The molecule has 0 bridgehead atoms. The van der Waals surface area contributed by atoms with Crippen molar-refractivity contribution in [3.05, 3.63) is 35.9 Å². The Hall–Kier alpha value is -0.570. The van der Waals surface area contributed by atoms with Gasteiger partial charge in [0.25, 0.3) is 0 Å². The fraction of sp³-hybridized carbons (Fsp3) is 0.538. The number of β-amino-alcohol motifs (C(OH)–C–C–N with tert-alkyl or cyclic N) is 1. The van der Waals surface area contributed by atoms with Crippen molar-refractivity contribution in [3.63, 3.8) is 0 Å². The molecular formula is C13H20ClNO. The van der Waals surface area contributed by atoms with Gasteiger partial charge in [0.15, 0.2) is 0 Å². The van der Waals surface area contributed by atoms with Gasteiger partial charge in [-0.2, -0.15) is 0 Å². The van der Waals surface area contributed by atoms with Crippen LogP contribution < -0.4 is 0 Å². The predicted molar refractivity (Wildman–Crippen MR) is 68.9 cm³/mol. The van der Waals surface area contributed by atoms with Crippen molar-refractivity contribution in [1.82, 2.24) is 4.90 Å². The smallest absolute Gasteiger partial charge is 0.0558 e. The van der Waals surface area contributed by atoms with Crippen LogP contribution in [0.5, 0.6) is 0 Å². The maximum Gasteiger partial charge on any atom is 0.0558 e. The minimum Gasteiger partial charge on any atom is -0.395 e. The third kappa shape index (κ3) is 2.76. The lowest BCUT2D eigenvalue weighted by atomic mass is 9.95. The Kier molecular flexibility index (Phi) is 5.26. The molecule has 0 aromatic heterocycles. The zero-order valence-corrected chi connectivity index (χ0v) is 10.5. The molecule has 1 saturated heterocycles. The Morgan fingerprint density at radius 1 is 1.31 bits per heavy atom. The lowest BCUT2D eigenvalue weighted by Crippen LogP contribution is -2.27. The largest absolute Gasteiger partial charge is 0.395 e. The Bertz CT molecular complexity index is 302. The molecule has 2 rings (SSSR count). The number of benzene rings is 1. The maximum atomic E-state index is 9.04. The van der Waals surface area contributed by atoms with Crippen molar-refractivity contribution in [1.29, 1.82) is 0 Å². The molecule has 1 fully saturated rings. The van der Waals surface area contributed by atoms with E-state index >= 15 is 0 Å². The van der Waals surface area contributed by atoms with Gasteiger partial charge in [-0.15, -0.1) is 12.4 Å². The summed E-state index contributed by atoms with van der Waals surface area (Å²) in [5.41, 5.74) is 1.39. The minimum atomic E-state index is 0. The lowest BCUT2D eigenvalue weighted by Gasteiger charge is -2.26. The molecule has 0 radical (unpaired) electrons. The second kappa shape index (κ2) is 6.24. The SMILES string of the molecule is CC1CCN(CCO)C1c1ccccc1.Cl. The summed E-state index contributed by atoms with van der Waals surface area (Å²) in [5.74, 6) is 0.693. The Labute approximate surface area is 104 Å². The Balaban J connectivity index is 0.00000128. The summed E-state index contributed by atoms with van der Waals surface area (Å²) in [5, 5.41) is 9.04. The van der Waals surface area contributed by atoms with E-state index in [9.17, 15) is 0 Å². The molecule has 2 atom stereocenters. The number of hydrogen-bond acceptors (Lipinski definition) is 2. The van der Waals surface area contributed by atoms with Crippen LogP contribution in [0.1, 0.15) is 24.9 Å². The van der Waals surface area contributed by atoms with Gasteiger partial charge in [-0.25, -0.2) is 0 Å². The van der Waals surface area contributed by atoms with Crippen LogP contribution in [-0.2, 0) is 0 Å². The molecule has 1 aliphatic rings. The van der Waals surface area contributed by atoms with E-state index in [4.69, 9.17) is 5.11 Å². The molecule has 16 heavy (non-hydrogen) atoms. The number of nitrogens with zero attached hydrogens (tertiary/aromatic N) is 1. The van der Waals surface area contributed by atoms with E-state index in [1.54, 1.807) is 0 Å². The second-order valence-electron chi connectivity index (χ2n) is 4.38. The molecule has 0 spiro atoms. The van der Waals surface area contributed by atoms with Gasteiger partial charge in [-0.05, 0) is 24.4 Å². The molecular weight excluding hydrogens is 222 g/mol. The molecule has 2 unspecified atom stereocenters. The van der Waals surface area contributed by atoms with E-state index in [0.717, 1.165) is 13.1 Å². The summed E-state index contributed by atoms with van der Waals surface area (Å²) >= 11 is 0. The fourth-order valence-corrected chi connectivity index (χ4v) is 2.60. The van der Waals surface area contributed by atoms with Gasteiger partial charge in [0.2, 0.25) is 0 Å². The summed E-state index contributed by atoms with van der Waals surface area (Å²) in [4.78, 5) is 2.39. The highest BCUT2D eigenvalue weighted by molar-refractivity contribution is 5.85. The molecule has 1 N–H and O–H groups in total. The van der Waals surface area contributed by atoms with Gasteiger partial charge in [0.1, 0.15) is 0 Å². The van der Waals surface area contributed by atoms with Gasteiger partial charge in [0.05, 0.1) is 6.61 Å². The van der Waals surface area contributed by atoms with E-state index in [-0.39, 0.29) is 19.0 Å². The summed E-state index contributed by atoms with van der Waals surface area (Å²) < 4.78 is 0. The van der Waals surface area contributed by atoms with Gasteiger partial charge in [-0.1, -0.05) is 37.3 Å². The third-order valence-electron chi connectivity index (χ3n) is 3.33. The highest BCUT2D eigenvalue weighted by Gasteiger charge is 2.31. The number of hydrogen-bond donors (Lipinski definition) is 1. The number of halogens is 1. The van der Waals surface area contributed by atoms with Crippen molar-refractivity contribution < 1.29 is 5.11 Å². The summed E-state index contributed by atoms with van der Waals surface area (Å²) in [6.07, 6.45) is 1.24. The first-order chi connectivity index (χ1) is 7.33. The highest BCUT2D eigenvalue weighted by Crippen LogP contribution is 2.36.